The number of aliphatic hydroxyl groups is 1. The van der Waals surface area contributed by atoms with E-state index < -0.39 is 0 Å². The Balaban J connectivity index is 2.57. The van der Waals surface area contributed by atoms with Gasteiger partial charge in [0.25, 0.3) is 0 Å². The minimum absolute atomic E-state index is 0.122. The van der Waals surface area contributed by atoms with Gasteiger partial charge in [0, 0.05) is 13.7 Å². The van der Waals surface area contributed by atoms with Gasteiger partial charge in [-0.05, 0) is 55.8 Å². The summed E-state index contributed by atoms with van der Waals surface area (Å²) in [5, 5.41) is 9.72. The van der Waals surface area contributed by atoms with Crippen LogP contribution in [0.2, 0.25) is 0 Å². The van der Waals surface area contributed by atoms with Crippen molar-refractivity contribution in [3.8, 4) is 0 Å². The van der Waals surface area contributed by atoms with Crippen LogP contribution >= 0.6 is 0 Å². The molecular formula is C15H30O2. The summed E-state index contributed by atoms with van der Waals surface area (Å²) in [6.07, 6.45) is 6.06. The molecule has 1 unspecified atom stereocenters. The van der Waals surface area contributed by atoms with Crippen molar-refractivity contribution in [1.29, 1.82) is 0 Å². The summed E-state index contributed by atoms with van der Waals surface area (Å²) in [6, 6.07) is 0. The average Bonchev–Trinajstić information content (AvgIpc) is 2.28. The van der Waals surface area contributed by atoms with E-state index in [4.69, 9.17) is 4.74 Å². The van der Waals surface area contributed by atoms with E-state index in [1.54, 1.807) is 7.11 Å². The van der Waals surface area contributed by atoms with Crippen LogP contribution in [0.3, 0.4) is 0 Å². The van der Waals surface area contributed by atoms with E-state index in [2.05, 4.69) is 27.7 Å². The molecule has 1 N–H and O–H groups in total. The molecule has 0 aromatic heterocycles. The van der Waals surface area contributed by atoms with E-state index in [0.29, 0.717) is 12.0 Å². The van der Waals surface area contributed by atoms with Crippen LogP contribution in [0.1, 0.15) is 59.8 Å². The molecule has 1 saturated carbocycles. The van der Waals surface area contributed by atoms with Crippen LogP contribution in [-0.4, -0.2) is 24.9 Å². The summed E-state index contributed by atoms with van der Waals surface area (Å²) in [6.45, 7) is 9.43. The van der Waals surface area contributed by atoms with E-state index in [0.717, 1.165) is 25.2 Å². The van der Waals surface area contributed by atoms with Gasteiger partial charge >= 0.3 is 0 Å². The van der Waals surface area contributed by atoms with Crippen molar-refractivity contribution >= 4 is 0 Å². The molecule has 2 nitrogen and oxygen atoms in total. The third-order valence-corrected chi connectivity index (χ3v) is 4.73. The van der Waals surface area contributed by atoms with Crippen LogP contribution in [-0.2, 0) is 4.74 Å². The van der Waals surface area contributed by atoms with Crippen molar-refractivity contribution in [2.75, 3.05) is 13.7 Å². The molecule has 1 aliphatic carbocycles. The molecule has 0 radical (unpaired) electrons. The summed E-state index contributed by atoms with van der Waals surface area (Å²) >= 11 is 0. The standard InChI is InChI=1S/C15H30O2/c1-12(17-5)10-15(11-16)8-6-13(7-9-15)14(2,3)4/h12-13,16H,6-11H2,1-5H3. The fraction of sp³-hybridized carbons (Fsp3) is 1.00. The van der Waals surface area contributed by atoms with E-state index in [-0.39, 0.29) is 11.5 Å². The first-order chi connectivity index (χ1) is 7.83. The van der Waals surface area contributed by atoms with E-state index in [1.807, 2.05) is 0 Å². The molecule has 1 fully saturated rings. The van der Waals surface area contributed by atoms with Crippen molar-refractivity contribution < 1.29 is 9.84 Å². The van der Waals surface area contributed by atoms with Crippen LogP contribution < -0.4 is 0 Å². The fourth-order valence-corrected chi connectivity index (χ4v) is 3.22. The largest absolute Gasteiger partial charge is 0.396 e. The first-order valence-corrected chi connectivity index (χ1v) is 6.97. The molecule has 0 amide bonds. The topological polar surface area (TPSA) is 29.5 Å². The summed E-state index contributed by atoms with van der Waals surface area (Å²) in [5.41, 5.74) is 0.533. The minimum Gasteiger partial charge on any atom is -0.396 e. The molecule has 0 heterocycles. The summed E-state index contributed by atoms with van der Waals surface area (Å²) in [5.74, 6) is 0.806. The Kier molecular flexibility index (Phi) is 5.03. The lowest BCUT2D eigenvalue weighted by Crippen LogP contribution is -2.37. The summed E-state index contributed by atoms with van der Waals surface area (Å²) < 4.78 is 5.36. The zero-order valence-electron chi connectivity index (χ0n) is 12.3. The number of aliphatic hydroxyl groups excluding tert-OH is 1. The second-order valence-electron chi connectivity index (χ2n) is 7.05. The fourth-order valence-electron chi connectivity index (χ4n) is 3.22. The molecule has 1 rings (SSSR count). The zero-order valence-corrected chi connectivity index (χ0v) is 12.3. The Labute approximate surface area is 107 Å². The lowest BCUT2D eigenvalue weighted by molar-refractivity contribution is -0.0116. The summed E-state index contributed by atoms with van der Waals surface area (Å²) in [4.78, 5) is 0. The van der Waals surface area contributed by atoms with Gasteiger partial charge in [0.1, 0.15) is 0 Å². The van der Waals surface area contributed by atoms with E-state index >= 15 is 0 Å². The van der Waals surface area contributed by atoms with E-state index in [1.165, 1.54) is 12.8 Å². The molecule has 0 aromatic carbocycles. The van der Waals surface area contributed by atoms with Crippen molar-refractivity contribution in [3.63, 3.8) is 0 Å². The highest BCUT2D eigenvalue weighted by atomic mass is 16.5. The number of hydrogen-bond donors (Lipinski definition) is 1. The Hall–Kier alpha value is -0.0800. The Morgan fingerprint density at radius 2 is 1.82 bits per heavy atom. The van der Waals surface area contributed by atoms with Gasteiger partial charge in [0.05, 0.1) is 6.10 Å². The maximum Gasteiger partial charge on any atom is 0.0549 e. The van der Waals surface area contributed by atoms with Crippen LogP contribution in [0.5, 0.6) is 0 Å². The number of ether oxygens (including phenoxy) is 1. The molecule has 0 aliphatic heterocycles. The summed E-state index contributed by atoms with van der Waals surface area (Å²) in [7, 11) is 1.76. The highest BCUT2D eigenvalue weighted by Crippen LogP contribution is 2.47. The van der Waals surface area contributed by atoms with Gasteiger partial charge < -0.3 is 9.84 Å². The maximum atomic E-state index is 9.72. The average molecular weight is 242 g/mol. The number of rotatable bonds is 4. The normalized spacial score (nSPS) is 32.5. The van der Waals surface area contributed by atoms with Crippen LogP contribution in [0, 0.1) is 16.7 Å². The van der Waals surface area contributed by atoms with Crippen molar-refractivity contribution in [2.45, 2.75) is 65.9 Å². The third kappa shape index (κ3) is 3.96. The van der Waals surface area contributed by atoms with E-state index in [9.17, 15) is 5.11 Å². The van der Waals surface area contributed by atoms with Crippen LogP contribution in [0.4, 0.5) is 0 Å². The van der Waals surface area contributed by atoms with Gasteiger partial charge in [-0.25, -0.2) is 0 Å². The van der Waals surface area contributed by atoms with Gasteiger partial charge in [-0.1, -0.05) is 20.8 Å². The second kappa shape index (κ2) is 5.71. The Morgan fingerprint density at radius 1 is 1.29 bits per heavy atom. The molecular weight excluding hydrogens is 212 g/mol. The molecule has 0 bridgehead atoms. The maximum absolute atomic E-state index is 9.72. The van der Waals surface area contributed by atoms with Gasteiger partial charge in [0.2, 0.25) is 0 Å². The van der Waals surface area contributed by atoms with Crippen molar-refractivity contribution in [1.82, 2.24) is 0 Å². The molecule has 1 aliphatic rings. The molecule has 0 saturated heterocycles. The van der Waals surface area contributed by atoms with Crippen LogP contribution in [0.25, 0.3) is 0 Å². The third-order valence-electron chi connectivity index (χ3n) is 4.73. The van der Waals surface area contributed by atoms with Gasteiger partial charge in [-0.15, -0.1) is 0 Å². The smallest absolute Gasteiger partial charge is 0.0549 e. The first kappa shape index (κ1) is 15.0. The molecule has 1 atom stereocenters. The zero-order chi connectivity index (χ0) is 13.1. The predicted molar refractivity (Wildman–Crippen MR) is 72.0 cm³/mol. The Bertz CT molecular complexity index is 222. The lowest BCUT2D eigenvalue weighted by Gasteiger charge is -2.44. The molecule has 0 spiro atoms. The lowest BCUT2D eigenvalue weighted by atomic mass is 9.63. The predicted octanol–water partition coefficient (Wildman–Crippen LogP) is 3.63. The minimum atomic E-state index is 0.122. The monoisotopic (exact) mass is 242 g/mol. The number of hydrogen-bond acceptors (Lipinski definition) is 2. The van der Waals surface area contributed by atoms with Crippen LogP contribution in [0.15, 0.2) is 0 Å². The molecule has 2 heteroatoms. The first-order valence-electron chi connectivity index (χ1n) is 6.97. The Morgan fingerprint density at radius 3 is 2.18 bits per heavy atom. The highest BCUT2D eigenvalue weighted by molar-refractivity contribution is 4.89. The van der Waals surface area contributed by atoms with Gasteiger partial charge in [0.15, 0.2) is 0 Å². The molecule has 0 aromatic rings. The highest BCUT2D eigenvalue weighted by Gasteiger charge is 2.39. The second-order valence-corrected chi connectivity index (χ2v) is 7.05. The van der Waals surface area contributed by atoms with Gasteiger partial charge in [-0.3, -0.25) is 0 Å². The number of methoxy groups -OCH3 is 1. The van der Waals surface area contributed by atoms with Crippen molar-refractivity contribution in [2.24, 2.45) is 16.7 Å². The quantitative estimate of drug-likeness (QED) is 0.816. The molecule has 102 valence electrons. The SMILES string of the molecule is COC(C)CC1(CO)CCC(C(C)(C)C)CC1. The van der Waals surface area contributed by atoms with Crippen molar-refractivity contribution in [3.05, 3.63) is 0 Å². The van der Waals surface area contributed by atoms with Gasteiger partial charge in [-0.2, -0.15) is 0 Å². The molecule has 17 heavy (non-hydrogen) atoms.